The van der Waals surface area contributed by atoms with Crippen molar-refractivity contribution < 1.29 is 14.3 Å². The van der Waals surface area contributed by atoms with Gasteiger partial charge < -0.3 is 10.5 Å². The molecule has 2 unspecified atom stereocenters. The Bertz CT molecular complexity index is 884. The van der Waals surface area contributed by atoms with Crippen molar-refractivity contribution in [1.82, 2.24) is 4.90 Å². The Morgan fingerprint density at radius 1 is 1.07 bits per heavy atom. The smallest absolute Gasteiger partial charge is 0.310 e. The Morgan fingerprint density at radius 2 is 1.77 bits per heavy atom. The third-order valence-electron chi connectivity index (χ3n) is 6.82. The fourth-order valence-electron chi connectivity index (χ4n) is 5.33. The summed E-state index contributed by atoms with van der Waals surface area (Å²) in [5, 5.41) is 0. The second-order valence-electron chi connectivity index (χ2n) is 8.65. The summed E-state index contributed by atoms with van der Waals surface area (Å²) in [4.78, 5) is 26.6. The molecule has 30 heavy (non-hydrogen) atoms. The van der Waals surface area contributed by atoms with Crippen LogP contribution >= 0.6 is 0 Å². The Kier molecular flexibility index (Phi) is 6.18. The van der Waals surface area contributed by atoms with E-state index in [0.29, 0.717) is 30.0 Å². The van der Waals surface area contributed by atoms with Crippen LogP contribution in [0.5, 0.6) is 0 Å². The van der Waals surface area contributed by atoms with Gasteiger partial charge in [-0.1, -0.05) is 42.5 Å². The molecule has 2 N–H and O–H groups in total. The number of nitrogens with zero attached hydrogens (tertiary/aromatic N) is 1. The first-order chi connectivity index (χ1) is 14.5. The summed E-state index contributed by atoms with van der Waals surface area (Å²) in [6, 6.07) is 18.9. The molecule has 2 saturated heterocycles. The van der Waals surface area contributed by atoms with E-state index in [1.165, 1.54) is 18.2 Å². The summed E-state index contributed by atoms with van der Waals surface area (Å²) in [7, 11) is 1.48. The highest BCUT2D eigenvalue weighted by atomic mass is 16.5. The molecule has 2 heterocycles. The molecule has 2 aliphatic heterocycles. The van der Waals surface area contributed by atoms with Crippen LogP contribution in [0.4, 0.5) is 0 Å². The highest BCUT2D eigenvalue weighted by Crippen LogP contribution is 2.43. The summed E-state index contributed by atoms with van der Waals surface area (Å²) in [6.45, 7) is 0.741. The predicted molar refractivity (Wildman–Crippen MR) is 116 cm³/mol. The van der Waals surface area contributed by atoms with Crippen molar-refractivity contribution in [3.63, 3.8) is 0 Å². The van der Waals surface area contributed by atoms with E-state index in [4.69, 9.17) is 10.5 Å². The van der Waals surface area contributed by atoms with Gasteiger partial charge >= 0.3 is 5.97 Å². The molecule has 4 rings (SSSR count). The number of primary amides is 1. The van der Waals surface area contributed by atoms with Gasteiger partial charge in [0.25, 0.3) is 0 Å². The van der Waals surface area contributed by atoms with Gasteiger partial charge in [-0.3, -0.25) is 14.5 Å². The second-order valence-corrected chi connectivity index (χ2v) is 8.65. The van der Waals surface area contributed by atoms with Crippen molar-refractivity contribution in [2.24, 2.45) is 11.7 Å². The molecule has 0 radical (unpaired) electrons. The fourth-order valence-corrected chi connectivity index (χ4v) is 5.33. The lowest BCUT2D eigenvalue weighted by Gasteiger charge is -2.40. The molecule has 2 aliphatic rings. The number of hydrogen-bond donors (Lipinski definition) is 1. The molecule has 2 bridgehead atoms. The lowest BCUT2D eigenvalue weighted by Crippen LogP contribution is -2.46. The van der Waals surface area contributed by atoms with Crippen LogP contribution in [0.25, 0.3) is 0 Å². The molecule has 4 atom stereocenters. The maximum atomic E-state index is 12.5. The zero-order valence-electron chi connectivity index (χ0n) is 17.5. The van der Waals surface area contributed by atoms with Crippen LogP contribution in [0.1, 0.15) is 53.1 Å². The molecule has 0 saturated carbocycles. The van der Waals surface area contributed by atoms with Crippen molar-refractivity contribution in [3.05, 3.63) is 71.3 Å². The average Bonchev–Trinajstić information content (AvgIpc) is 3.00. The Morgan fingerprint density at radius 3 is 2.40 bits per heavy atom. The quantitative estimate of drug-likeness (QED) is 0.714. The second kappa shape index (κ2) is 9.00. The number of rotatable bonds is 7. The zero-order chi connectivity index (χ0) is 21.1. The average molecular weight is 407 g/mol. The summed E-state index contributed by atoms with van der Waals surface area (Å²) in [5.41, 5.74) is 8.42. The first-order valence-corrected chi connectivity index (χ1v) is 10.8. The number of carbonyl (C=O) groups is 2. The van der Waals surface area contributed by atoms with Crippen molar-refractivity contribution in [3.8, 4) is 0 Å². The Hall–Kier alpha value is -2.66. The van der Waals surface area contributed by atoms with Crippen LogP contribution in [0, 0.1) is 5.92 Å². The van der Waals surface area contributed by atoms with Gasteiger partial charge in [0.1, 0.15) is 0 Å². The van der Waals surface area contributed by atoms with Crippen molar-refractivity contribution in [2.75, 3.05) is 13.7 Å². The minimum absolute atomic E-state index is 0.130. The highest BCUT2D eigenvalue weighted by molar-refractivity contribution is 5.92. The van der Waals surface area contributed by atoms with Gasteiger partial charge in [0.05, 0.1) is 13.0 Å². The Balaban J connectivity index is 1.47. The summed E-state index contributed by atoms with van der Waals surface area (Å²) >= 11 is 0. The Labute approximate surface area is 178 Å². The van der Waals surface area contributed by atoms with Gasteiger partial charge in [-0.2, -0.15) is 0 Å². The summed E-state index contributed by atoms with van der Waals surface area (Å²) in [5.74, 6) is -0.229. The van der Waals surface area contributed by atoms with Crippen molar-refractivity contribution in [1.29, 1.82) is 0 Å². The van der Waals surface area contributed by atoms with E-state index < -0.39 is 0 Å². The maximum absolute atomic E-state index is 12.5. The van der Waals surface area contributed by atoms with Crippen LogP contribution in [0.3, 0.4) is 0 Å². The summed E-state index contributed by atoms with van der Waals surface area (Å²) in [6.07, 6.45) is 5.13. The molecule has 5 heteroatoms. The number of nitrogens with two attached hydrogens (primary N) is 1. The molecule has 0 aliphatic carbocycles. The van der Waals surface area contributed by atoms with Gasteiger partial charge in [-0.15, -0.1) is 0 Å². The van der Waals surface area contributed by atoms with Gasteiger partial charge in [0, 0.05) is 24.2 Å². The number of hydrogen-bond acceptors (Lipinski definition) is 4. The first-order valence-electron chi connectivity index (χ1n) is 10.8. The predicted octanol–water partition coefficient (Wildman–Crippen LogP) is 3.53. The molecule has 158 valence electrons. The monoisotopic (exact) mass is 406 g/mol. The summed E-state index contributed by atoms with van der Waals surface area (Å²) < 4.78 is 5.13. The third kappa shape index (κ3) is 4.41. The molecule has 2 aromatic rings. The number of fused-ring (bicyclic) bond motifs is 2. The lowest BCUT2D eigenvalue weighted by atomic mass is 9.83. The van der Waals surface area contributed by atoms with Crippen LogP contribution < -0.4 is 5.73 Å². The number of amides is 1. The number of benzene rings is 2. The van der Waals surface area contributed by atoms with Crippen molar-refractivity contribution >= 4 is 11.9 Å². The van der Waals surface area contributed by atoms with E-state index in [1.54, 1.807) is 6.07 Å². The lowest BCUT2D eigenvalue weighted by molar-refractivity contribution is -0.146. The number of methoxy groups -OCH3 is 1. The first kappa shape index (κ1) is 20.6. The number of carbonyl (C=O) groups excluding carboxylic acids is 2. The fraction of sp³-hybridized carbons (Fsp3) is 0.440. The van der Waals surface area contributed by atoms with E-state index in [0.717, 1.165) is 32.2 Å². The van der Waals surface area contributed by atoms with Gasteiger partial charge in [-0.05, 0) is 61.3 Å². The van der Waals surface area contributed by atoms with E-state index in [9.17, 15) is 9.59 Å². The van der Waals surface area contributed by atoms with E-state index in [-0.39, 0.29) is 17.8 Å². The van der Waals surface area contributed by atoms with E-state index in [2.05, 4.69) is 23.1 Å². The minimum Gasteiger partial charge on any atom is -0.469 e. The van der Waals surface area contributed by atoms with E-state index in [1.807, 2.05) is 30.3 Å². The van der Waals surface area contributed by atoms with E-state index >= 15 is 0 Å². The molecule has 2 fully saturated rings. The molecular weight excluding hydrogens is 376 g/mol. The number of ether oxygens (including phenoxy) is 1. The molecule has 0 aromatic heterocycles. The van der Waals surface area contributed by atoms with Gasteiger partial charge in [-0.25, -0.2) is 0 Å². The minimum atomic E-state index is -0.376. The number of piperidine rings is 1. The van der Waals surface area contributed by atoms with Gasteiger partial charge in [0.15, 0.2) is 0 Å². The largest absolute Gasteiger partial charge is 0.469 e. The van der Waals surface area contributed by atoms with Crippen LogP contribution in [-0.4, -0.2) is 42.5 Å². The van der Waals surface area contributed by atoms with Gasteiger partial charge in [0.2, 0.25) is 5.91 Å². The van der Waals surface area contributed by atoms with Crippen LogP contribution in [0.15, 0.2) is 54.6 Å². The molecule has 1 amide bonds. The van der Waals surface area contributed by atoms with Crippen LogP contribution in [0.2, 0.25) is 0 Å². The standard InChI is InChI=1S/C25H30N2O3/c1-30-25(29)21(12-17-6-3-2-4-7-17)16-27-22-10-11-23(27)15-20(14-22)18-8-5-9-19(13-18)24(26)28/h2-9,13,20-23H,10-12,14-16H2,1H3,(H2,26,28)/t20?,21?,22-,23+. The third-order valence-corrected chi connectivity index (χ3v) is 6.82. The topological polar surface area (TPSA) is 72.6 Å². The molecular formula is C25H30N2O3. The van der Waals surface area contributed by atoms with Crippen LogP contribution in [-0.2, 0) is 16.0 Å². The molecule has 5 nitrogen and oxygen atoms in total. The van der Waals surface area contributed by atoms with Crippen molar-refractivity contribution in [2.45, 2.75) is 50.1 Å². The maximum Gasteiger partial charge on any atom is 0.310 e. The SMILES string of the molecule is COC(=O)C(Cc1ccccc1)CN1[C@@H]2CC[C@H]1CC(c1cccc(C(N)=O)c1)C2. The zero-order valence-corrected chi connectivity index (χ0v) is 17.5. The molecule has 2 aromatic carbocycles. The number of esters is 1. The molecule has 0 spiro atoms. The highest BCUT2D eigenvalue weighted by Gasteiger charge is 2.42. The normalized spacial score (nSPS) is 24.4.